The van der Waals surface area contributed by atoms with Crippen LogP contribution in [0.4, 0.5) is 24.5 Å². The molecule has 0 aliphatic carbocycles. The van der Waals surface area contributed by atoms with Gasteiger partial charge in [-0.25, -0.2) is 4.68 Å². The number of aromatic nitrogens is 1. The summed E-state index contributed by atoms with van der Waals surface area (Å²) in [4.78, 5) is 38.1. The number of fused-ring (bicyclic) bond motifs is 1. The summed E-state index contributed by atoms with van der Waals surface area (Å²) in [6.07, 6.45) is -4.62. The van der Waals surface area contributed by atoms with E-state index in [1.54, 1.807) is 36.4 Å². The minimum Gasteiger partial charge on any atom is -0.321 e. The Morgan fingerprint density at radius 2 is 1.53 bits per heavy atom. The van der Waals surface area contributed by atoms with Crippen LogP contribution < -0.4 is 16.1 Å². The lowest BCUT2D eigenvalue weighted by atomic mass is 10.2. The monoisotopic (exact) mass is 578 g/mol. The number of amides is 3. The van der Waals surface area contributed by atoms with Gasteiger partial charge in [-0.2, -0.15) is 13.2 Å². The van der Waals surface area contributed by atoms with E-state index >= 15 is 0 Å². The van der Waals surface area contributed by atoms with Gasteiger partial charge in [-0.15, -0.1) is 0 Å². The van der Waals surface area contributed by atoms with Gasteiger partial charge in [0.25, 0.3) is 5.91 Å². The van der Waals surface area contributed by atoms with Gasteiger partial charge in [-0.3, -0.25) is 19.8 Å². The van der Waals surface area contributed by atoms with E-state index in [0.717, 1.165) is 16.8 Å². The Morgan fingerprint density at radius 1 is 0.833 bits per heavy atom. The number of alkyl halides is 3. The number of carbonyl (C=O) groups is 3. The molecule has 3 amide bonds. The molecular weight excluding hydrogens is 565 g/mol. The number of benzene rings is 3. The molecule has 7 nitrogen and oxygen atoms in total. The smallest absolute Gasteiger partial charge is 0.321 e. The second kappa shape index (κ2) is 10.0. The lowest BCUT2D eigenvalue weighted by Crippen LogP contribution is -2.36. The summed E-state index contributed by atoms with van der Waals surface area (Å²) in [6.45, 7) is 0. The molecule has 0 saturated carbocycles. The summed E-state index contributed by atoms with van der Waals surface area (Å²) in [5.74, 6) is -3.04. The summed E-state index contributed by atoms with van der Waals surface area (Å²) in [5, 5.41) is 5.76. The van der Waals surface area contributed by atoms with E-state index < -0.39 is 29.5 Å². The highest BCUT2D eigenvalue weighted by molar-refractivity contribution is 9.10. The third-order valence-electron chi connectivity index (χ3n) is 4.95. The maximum Gasteiger partial charge on any atom is 0.416 e. The molecule has 0 saturated heterocycles. The van der Waals surface area contributed by atoms with Crippen molar-refractivity contribution in [2.24, 2.45) is 0 Å². The van der Waals surface area contributed by atoms with Crippen LogP contribution in [0.25, 0.3) is 10.9 Å². The maximum absolute atomic E-state index is 13.0. The van der Waals surface area contributed by atoms with Crippen LogP contribution in [0.3, 0.4) is 0 Å². The van der Waals surface area contributed by atoms with Gasteiger partial charge in [0, 0.05) is 26.3 Å². The van der Waals surface area contributed by atoms with E-state index in [1.807, 2.05) is 0 Å². The third kappa shape index (κ3) is 5.69. The summed E-state index contributed by atoms with van der Waals surface area (Å²) < 4.78 is 40.7. The largest absolute Gasteiger partial charge is 0.416 e. The Balaban J connectivity index is 1.60. The Kier molecular flexibility index (Phi) is 7.04. The number of rotatable bonds is 4. The fraction of sp³-hybridized carbons (Fsp3) is 0.0417. The first kappa shape index (κ1) is 25.3. The number of halogens is 5. The van der Waals surface area contributed by atoms with Crippen LogP contribution in [0.1, 0.15) is 16.1 Å². The number of carbonyl (C=O) groups excluding carboxylic acids is 3. The molecule has 12 heteroatoms. The van der Waals surface area contributed by atoms with Crippen LogP contribution in [0.15, 0.2) is 77.3 Å². The first-order chi connectivity index (χ1) is 17.0. The molecule has 3 aromatic carbocycles. The topological polar surface area (TPSA) is 92.2 Å². The van der Waals surface area contributed by atoms with Crippen LogP contribution in [0.5, 0.6) is 0 Å². The molecule has 184 valence electrons. The van der Waals surface area contributed by atoms with Crippen molar-refractivity contribution in [1.82, 2.24) is 4.68 Å². The van der Waals surface area contributed by atoms with Crippen molar-refractivity contribution >= 4 is 67.5 Å². The molecule has 4 rings (SSSR count). The van der Waals surface area contributed by atoms with E-state index in [9.17, 15) is 27.6 Å². The van der Waals surface area contributed by atoms with Crippen LogP contribution >= 0.6 is 27.5 Å². The minimum absolute atomic E-state index is 0.0108. The van der Waals surface area contributed by atoms with Crippen LogP contribution in [0.2, 0.25) is 5.02 Å². The predicted molar refractivity (Wildman–Crippen MR) is 133 cm³/mol. The van der Waals surface area contributed by atoms with E-state index in [0.29, 0.717) is 32.2 Å². The van der Waals surface area contributed by atoms with E-state index in [1.165, 1.54) is 18.2 Å². The van der Waals surface area contributed by atoms with Gasteiger partial charge in [-0.05, 0) is 60.7 Å². The van der Waals surface area contributed by atoms with Gasteiger partial charge in [0.2, 0.25) is 0 Å². The number of anilines is 2. The summed E-state index contributed by atoms with van der Waals surface area (Å²) >= 11 is 9.31. The van der Waals surface area contributed by atoms with Crippen molar-refractivity contribution in [2.75, 3.05) is 16.1 Å². The molecule has 1 heterocycles. The second-order valence-corrected chi connectivity index (χ2v) is 8.86. The van der Waals surface area contributed by atoms with Gasteiger partial charge in [0.1, 0.15) is 5.69 Å². The molecule has 0 atom stereocenters. The van der Waals surface area contributed by atoms with Crippen molar-refractivity contribution < 1.29 is 27.6 Å². The zero-order valence-corrected chi connectivity index (χ0v) is 20.3. The van der Waals surface area contributed by atoms with E-state index in [4.69, 9.17) is 11.6 Å². The van der Waals surface area contributed by atoms with E-state index in [-0.39, 0.29) is 11.4 Å². The van der Waals surface area contributed by atoms with Crippen LogP contribution in [-0.2, 0) is 15.8 Å². The molecule has 0 spiro atoms. The number of hydrogen-bond acceptors (Lipinski definition) is 3. The Bertz CT molecular complexity index is 1500. The number of nitrogens with zero attached hydrogens (tertiary/aromatic N) is 1. The summed E-state index contributed by atoms with van der Waals surface area (Å²) in [7, 11) is 0. The van der Waals surface area contributed by atoms with Gasteiger partial charge in [0.05, 0.1) is 11.1 Å². The standard InChI is InChI=1S/C24H15BrClF3N4O3/c25-15-7-8-19-13(9-15)10-20(21(34)30-18-6-2-4-16(26)12-18)33(19)32-23(36)22(35)31-17-5-1-3-14(11-17)24(27,28)29/h1-12H,(H,30,34)(H,31,35)(H,32,36). The lowest BCUT2D eigenvalue weighted by molar-refractivity contribution is -0.137. The molecule has 0 aliphatic rings. The zero-order chi connectivity index (χ0) is 26.0. The van der Waals surface area contributed by atoms with Crippen molar-refractivity contribution in [3.8, 4) is 0 Å². The minimum atomic E-state index is -4.62. The number of hydrogen-bond donors (Lipinski definition) is 3. The first-order valence-electron chi connectivity index (χ1n) is 10.2. The van der Waals surface area contributed by atoms with Gasteiger partial charge in [-0.1, -0.05) is 39.7 Å². The molecule has 36 heavy (non-hydrogen) atoms. The van der Waals surface area contributed by atoms with Gasteiger partial charge < -0.3 is 10.6 Å². The molecule has 0 aliphatic heterocycles. The van der Waals surface area contributed by atoms with Crippen LogP contribution in [-0.4, -0.2) is 22.4 Å². The molecule has 0 fully saturated rings. The molecular formula is C24H15BrClF3N4O3. The highest BCUT2D eigenvalue weighted by atomic mass is 79.9. The maximum atomic E-state index is 13.0. The molecule has 0 unspecified atom stereocenters. The average molecular weight is 580 g/mol. The molecule has 0 bridgehead atoms. The van der Waals surface area contributed by atoms with Crippen LogP contribution in [0, 0.1) is 0 Å². The van der Waals surface area contributed by atoms with Crippen molar-refractivity contribution in [3.63, 3.8) is 0 Å². The van der Waals surface area contributed by atoms with Crippen molar-refractivity contribution in [2.45, 2.75) is 6.18 Å². The fourth-order valence-electron chi connectivity index (χ4n) is 3.35. The molecule has 0 radical (unpaired) electrons. The van der Waals surface area contributed by atoms with E-state index in [2.05, 4.69) is 32.0 Å². The first-order valence-corrected chi connectivity index (χ1v) is 11.4. The molecule has 1 aromatic heterocycles. The quantitative estimate of drug-likeness (QED) is 0.258. The predicted octanol–water partition coefficient (Wildman–Crippen LogP) is 6.04. The SMILES string of the molecule is O=C(Nc1cccc(C(F)(F)F)c1)C(=O)Nn1c(C(=O)Nc2cccc(Cl)c2)cc2cc(Br)ccc21. The average Bonchev–Trinajstić information content (AvgIpc) is 3.16. The fourth-order valence-corrected chi connectivity index (χ4v) is 3.92. The lowest BCUT2D eigenvalue weighted by Gasteiger charge is -2.13. The van der Waals surface area contributed by atoms with Crippen molar-refractivity contribution in [1.29, 1.82) is 0 Å². The molecule has 4 aromatic rings. The normalized spacial score (nSPS) is 11.2. The zero-order valence-electron chi connectivity index (χ0n) is 18.0. The van der Waals surface area contributed by atoms with Crippen molar-refractivity contribution in [3.05, 3.63) is 93.5 Å². The summed E-state index contributed by atoms with van der Waals surface area (Å²) in [6, 6.07) is 16.8. The summed E-state index contributed by atoms with van der Waals surface area (Å²) in [5.41, 5.74) is 1.93. The molecule has 3 N–H and O–H groups in total. The Hall–Kier alpha value is -3.83. The number of nitrogens with one attached hydrogen (secondary N) is 3. The highest BCUT2D eigenvalue weighted by Gasteiger charge is 2.30. The highest BCUT2D eigenvalue weighted by Crippen LogP contribution is 2.30. The Labute approximate surface area is 215 Å². The van der Waals surface area contributed by atoms with Gasteiger partial charge in [0.15, 0.2) is 0 Å². The second-order valence-electron chi connectivity index (χ2n) is 7.51. The Morgan fingerprint density at radius 3 is 2.22 bits per heavy atom. The van der Waals surface area contributed by atoms with Gasteiger partial charge >= 0.3 is 18.0 Å². The third-order valence-corrected chi connectivity index (χ3v) is 5.67.